The molecule has 2 N–H and O–H groups in total. The lowest BCUT2D eigenvalue weighted by Crippen LogP contribution is -2.07. The van der Waals surface area contributed by atoms with Gasteiger partial charge in [-0.25, -0.2) is 0 Å². The summed E-state index contributed by atoms with van der Waals surface area (Å²) in [6, 6.07) is 8.59. The van der Waals surface area contributed by atoms with Gasteiger partial charge in [-0.3, -0.25) is 0 Å². The number of fused-ring (bicyclic) bond motifs is 1. The lowest BCUT2D eigenvalue weighted by Gasteiger charge is -1.89. The average Bonchev–Trinajstić information content (AvgIpc) is 2.75. The lowest BCUT2D eigenvalue weighted by atomic mass is 9.96. The van der Waals surface area contributed by atoms with E-state index < -0.39 is 0 Å². The maximum Gasteiger partial charge on any atom is 0.273 e. The fourth-order valence-corrected chi connectivity index (χ4v) is 2.38. The standard InChI is InChI=1S/C8H10BNS/c10-5-6-11-9-7-3-1-2-4-8(7)9/h1-4H,5-6,10H2. The van der Waals surface area contributed by atoms with E-state index in [0.29, 0.717) is 5.99 Å². The smallest absolute Gasteiger partial charge is 0.273 e. The highest BCUT2D eigenvalue weighted by atomic mass is 32.2. The van der Waals surface area contributed by atoms with Crippen LogP contribution in [0.5, 0.6) is 0 Å². The third-order valence-electron chi connectivity index (χ3n) is 1.88. The van der Waals surface area contributed by atoms with Crippen LogP contribution in [0.25, 0.3) is 0 Å². The van der Waals surface area contributed by atoms with Crippen LogP contribution in [-0.4, -0.2) is 18.3 Å². The van der Waals surface area contributed by atoms with Crippen LogP contribution in [0, 0.1) is 0 Å². The van der Waals surface area contributed by atoms with E-state index in [-0.39, 0.29) is 0 Å². The van der Waals surface area contributed by atoms with Gasteiger partial charge in [-0.2, -0.15) is 11.6 Å². The van der Waals surface area contributed by atoms with E-state index in [0.717, 1.165) is 12.3 Å². The molecule has 1 aliphatic heterocycles. The second-order valence-electron chi connectivity index (χ2n) is 2.67. The molecule has 0 saturated carbocycles. The first kappa shape index (κ1) is 7.26. The van der Waals surface area contributed by atoms with Crippen molar-refractivity contribution in [1.29, 1.82) is 0 Å². The minimum atomic E-state index is 0.675. The van der Waals surface area contributed by atoms with E-state index >= 15 is 0 Å². The topological polar surface area (TPSA) is 26.0 Å². The second kappa shape index (κ2) is 2.91. The highest BCUT2D eigenvalue weighted by Crippen LogP contribution is 2.14. The summed E-state index contributed by atoms with van der Waals surface area (Å²) >= 11 is 1.95. The number of benzene rings is 1. The van der Waals surface area contributed by atoms with Crippen LogP contribution < -0.4 is 16.7 Å². The van der Waals surface area contributed by atoms with Crippen molar-refractivity contribution in [1.82, 2.24) is 0 Å². The quantitative estimate of drug-likeness (QED) is 0.624. The fourth-order valence-electron chi connectivity index (χ4n) is 1.28. The zero-order chi connectivity index (χ0) is 7.68. The molecule has 0 spiro atoms. The first-order valence-corrected chi connectivity index (χ1v) is 4.89. The van der Waals surface area contributed by atoms with Crippen LogP contribution in [-0.2, 0) is 0 Å². The molecule has 3 heteroatoms. The molecular formula is C8H10BNS. The Kier molecular flexibility index (Phi) is 1.92. The molecule has 0 radical (unpaired) electrons. The molecule has 0 fully saturated rings. The Morgan fingerprint density at radius 3 is 2.45 bits per heavy atom. The molecule has 1 heterocycles. The predicted molar refractivity (Wildman–Crippen MR) is 53.0 cm³/mol. The van der Waals surface area contributed by atoms with E-state index in [4.69, 9.17) is 5.73 Å². The largest absolute Gasteiger partial charge is 0.330 e. The molecule has 56 valence electrons. The molecule has 0 saturated heterocycles. The van der Waals surface area contributed by atoms with Crippen molar-refractivity contribution in [3.05, 3.63) is 24.3 Å². The molecule has 1 nitrogen and oxygen atoms in total. The maximum atomic E-state index is 5.42. The van der Waals surface area contributed by atoms with E-state index in [1.165, 1.54) is 10.9 Å². The SMILES string of the molecule is NCCSB1c2ccccc21. The molecule has 0 bridgehead atoms. The molecule has 0 amide bonds. The Labute approximate surface area is 71.3 Å². The first-order valence-electron chi connectivity index (χ1n) is 3.84. The summed E-state index contributed by atoms with van der Waals surface area (Å²) in [5, 5.41) is 0. The first-order chi connectivity index (χ1) is 5.43. The van der Waals surface area contributed by atoms with Crippen LogP contribution in [0.1, 0.15) is 0 Å². The summed E-state index contributed by atoms with van der Waals surface area (Å²) in [6.45, 7) is 0.787. The summed E-state index contributed by atoms with van der Waals surface area (Å²) in [7, 11) is 0. The third-order valence-corrected chi connectivity index (χ3v) is 3.19. The van der Waals surface area contributed by atoms with Crippen molar-refractivity contribution in [3.63, 3.8) is 0 Å². The molecule has 0 aliphatic carbocycles. The Bertz CT molecular complexity index is 241. The molecular weight excluding hydrogens is 153 g/mol. The van der Waals surface area contributed by atoms with Gasteiger partial charge in [-0.05, 0) is 5.75 Å². The molecule has 1 aromatic rings. The van der Waals surface area contributed by atoms with Gasteiger partial charge in [0.2, 0.25) is 0 Å². The van der Waals surface area contributed by atoms with E-state index in [1.54, 1.807) is 0 Å². The van der Waals surface area contributed by atoms with Crippen LogP contribution in [0.2, 0.25) is 0 Å². The maximum absolute atomic E-state index is 5.42. The van der Waals surface area contributed by atoms with Gasteiger partial charge in [-0.1, -0.05) is 35.2 Å². The molecule has 1 aromatic carbocycles. The van der Waals surface area contributed by atoms with Crippen LogP contribution in [0.3, 0.4) is 0 Å². The molecule has 2 rings (SSSR count). The van der Waals surface area contributed by atoms with Crippen molar-refractivity contribution in [2.75, 3.05) is 12.3 Å². The fraction of sp³-hybridized carbons (Fsp3) is 0.250. The van der Waals surface area contributed by atoms with Gasteiger partial charge in [0.05, 0.1) is 0 Å². The van der Waals surface area contributed by atoms with Crippen molar-refractivity contribution in [2.45, 2.75) is 0 Å². The van der Waals surface area contributed by atoms with Gasteiger partial charge in [0.1, 0.15) is 0 Å². The van der Waals surface area contributed by atoms with Crippen LogP contribution >= 0.6 is 11.6 Å². The Morgan fingerprint density at radius 2 is 1.91 bits per heavy atom. The molecule has 0 aromatic heterocycles. The Morgan fingerprint density at radius 1 is 1.27 bits per heavy atom. The zero-order valence-corrected chi connectivity index (χ0v) is 7.10. The Balaban J connectivity index is 1.96. The molecule has 1 aliphatic rings. The second-order valence-corrected chi connectivity index (χ2v) is 3.88. The van der Waals surface area contributed by atoms with Crippen molar-refractivity contribution in [3.8, 4) is 0 Å². The van der Waals surface area contributed by atoms with Crippen LogP contribution in [0.4, 0.5) is 0 Å². The number of rotatable bonds is 3. The molecule has 11 heavy (non-hydrogen) atoms. The van der Waals surface area contributed by atoms with Gasteiger partial charge in [0.15, 0.2) is 0 Å². The number of hydrogen-bond acceptors (Lipinski definition) is 2. The number of hydrogen-bond donors (Lipinski definition) is 1. The van der Waals surface area contributed by atoms with E-state index in [1.807, 2.05) is 11.6 Å². The molecule has 0 atom stereocenters. The predicted octanol–water partition coefficient (Wildman–Crippen LogP) is -0.202. The highest BCUT2D eigenvalue weighted by molar-refractivity contribution is 8.30. The van der Waals surface area contributed by atoms with Crippen LogP contribution in [0.15, 0.2) is 24.3 Å². The highest BCUT2D eigenvalue weighted by Gasteiger charge is 2.35. The van der Waals surface area contributed by atoms with Gasteiger partial charge >= 0.3 is 0 Å². The van der Waals surface area contributed by atoms with Crippen molar-refractivity contribution < 1.29 is 0 Å². The van der Waals surface area contributed by atoms with Crippen molar-refractivity contribution >= 4 is 28.5 Å². The van der Waals surface area contributed by atoms with Gasteiger partial charge in [0.25, 0.3) is 5.99 Å². The normalized spacial score (nSPS) is 13.0. The zero-order valence-electron chi connectivity index (χ0n) is 6.29. The van der Waals surface area contributed by atoms with Crippen molar-refractivity contribution in [2.24, 2.45) is 5.73 Å². The lowest BCUT2D eigenvalue weighted by molar-refractivity contribution is 1.15. The van der Waals surface area contributed by atoms with Gasteiger partial charge < -0.3 is 5.73 Å². The minimum absolute atomic E-state index is 0.675. The minimum Gasteiger partial charge on any atom is -0.330 e. The summed E-state index contributed by atoms with van der Waals surface area (Å²) in [5.41, 5.74) is 8.43. The Hall–Kier alpha value is -0.405. The van der Waals surface area contributed by atoms with E-state index in [9.17, 15) is 0 Å². The third kappa shape index (κ3) is 1.30. The summed E-state index contributed by atoms with van der Waals surface area (Å²) < 4.78 is 0. The summed E-state index contributed by atoms with van der Waals surface area (Å²) in [4.78, 5) is 0. The molecule has 0 unspecified atom stereocenters. The monoisotopic (exact) mass is 163 g/mol. The van der Waals surface area contributed by atoms with E-state index in [2.05, 4.69) is 24.3 Å². The summed E-state index contributed by atoms with van der Waals surface area (Å²) in [5.74, 6) is 1.74. The average molecular weight is 163 g/mol. The summed E-state index contributed by atoms with van der Waals surface area (Å²) in [6.07, 6.45) is 0. The van der Waals surface area contributed by atoms with Gasteiger partial charge in [-0.15, -0.1) is 0 Å². The number of nitrogens with two attached hydrogens (primary N) is 1. The van der Waals surface area contributed by atoms with Gasteiger partial charge in [0, 0.05) is 6.54 Å².